The summed E-state index contributed by atoms with van der Waals surface area (Å²) in [5, 5.41) is 3.25. The Morgan fingerprint density at radius 2 is 1.83 bits per heavy atom. The van der Waals surface area contributed by atoms with Crippen molar-refractivity contribution in [3.63, 3.8) is 0 Å². The van der Waals surface area contributed by atoms with Crippen molar-refractivity contribution < 1.29 is 19.1 Å². The van der Waals surface area contributed by atoms with E-state index in [1.165, 1.54) is 6.42 Å². The number of rotatable bonds is 6. The molecule has 2 rings (SSSR count). The van der Waals surface area contributed by atoms with Crippen LogP contribution in [0.25, 0.3) is 0 Å². The van der Waals surface area contributed by atoms with Crippen molar-refractivity contribution in [2.45, 2.75) is 38.0 Å². The van der Waals surface area contributed by atoms with Gasteiger partial charge >= 0.3 is 12.1 Å². The quantitative estimate of drug-likeness (QED) is 0.619. The molecule has 24 heavy (non-hydrogen) atoms. The molecular weight excluding hydrogens is 330 g/mol. The molecule has 131 valence electrons. The first-order valence-electron chi connectivity index (χ1n) is 8.22. The predicted octanol–water partition coefficient (Wildman–Crippen LogP) is 4.06. The summed E-state index contributed by atoms with van der Waals surface area (Å²) in [5.41, 5.74) is 0.962. The van der Waals surface area contributed by atoms with Crippen LogP contribution in [0.15, 0.2) is 24.3 Å². The van der Waals surface area contributed by atoms with E-state index in [2.05, 4.69) is 12.2 Å². The van der Waals surface area contributed by atoms with Crippen LogP contribution in [-0.4, -0.2) is 25.4 Å². The number of carbonyl (C=O) groups is 2. The largest absolute Gasteiger partial charge is 0.428 e. The molecule has 1 fully saturated rings. The van der Waals surface area contributed by atoms with E-state index < -0.39 is 6.09 Å². The molecule has 1 aromatic carbocycles. The number of amides is 1. The molecule has 1 amide bonds. The first-order chi connectivity index (χ1) is 11.6. The van der Waals surface area contributed by atoms with Gasteiger partial charge in [-0.1, -0.05) is 43.0 Å². The zero-order chi connectivity index (χ0) is 17.4. The van der Waals surface area contributed by atoms with E-state index in [1.807, 2.05) is 12.1 Å². The first-order valence-corrected chi connectivity index (χ1v) is 8.60. The predicted molar refractivity (Wildman–Crippen MR) is 91.6 cm³/mol. The second kappa shape index (κ2) is 9.52. The van der Waals surface area contributed by atoms with Crippen LogP contribution in [0.3, 0.4) is 0 Å². The number of halogens is 1. The van der Waals surface area contributed by atoms with Gasteiger partial charge in [-0.2, -0.15) is 0 Å². The van der Waals surface area contributed by atoms with Crippen LogP contribution in [0.2, 0.25) is 5.02 Å². The monoisotopic (exact) mass is 352 g/mol. The minimum atomic E-state index is -0.631. The Bertz CT molecular complexity index is 540. The number of hydrogen-bond donors (Lipinski definition) is 1. The zero-order valence-electron chi connectivity index (χ0n) is 13.6. The Morgan fingerprint density at radius 3 is 2.50 bits per heavy atom. The molecule has 6 heteroatoms. The van der Waals surface area contributed by atoms with Crippen molar-refractivity contribution in [1.29, 1.82) is 0 Å². The normalized spacial score (nSPS) is 16.2. The minimum absolute atomic E-state index is 0.0560. The van der Waals surface area contributed by atoms with Gasteiger partial charge in [-0.3, -0.25) is 4.79 Å². The Labute approximate surface area is 147 Å². The van der Waals surface area contributed by atoms with Crippen molar-refractivity contribution in [3.05, 3.63) is 41.8 Å². The van der Waals surface area contributed by atoms with E-state index in [-0.39, 0.29) is 24.6 Å². The molecular formula is C18H23ClNO4. The average molecular weight is 353 g/mol. The molecule has 0 aromatic heterocycles. The van der Waals surface area contributed by atoms with E-state index in [1.54, 1.807) is 12.1 Å². The third-order valence-electron chi connectivity index (χ3n) is 4.16. The summed E-state index contributed by atoms with van der Waals surface area (Å²) in [6, 6.07) is 7.27. The van der Waals surface area contributed by atoms with Gasteiger partial charge in [0.05, 0.1) is 5.92 Å². The molecule has 0 saturated heterocycles. The third kappa shape index (κ3) is 6.04. The van der Waals surface area contributed by atoms with Crippen molar-refractivity contribution in [2.75, 3.05) is 13.3 Å². The Kier molecular flexibility index (Phi) is 7.37. The van der Waals surface area contributed by atoms with Gasteiger partial charge in [-0.15, -0.1) is 0 Å². The fraction of sp³-hybridized carbons (Fsp3) is 0.500. The van der Waals surface area contributed by atoms with Crippen LogP contribution in [0.4, 0.5) is 4.79 Å². The van der Waals surface area contributed by atoms with E-state index in [4.69, 9.17) is 21.1 Å². The van der Waals surface area contributed by atoms with Crippen LogP contribution in [0, 0.1) is 12.8 Å². The SMILES string of the molecule is [CH2][C@H](CNC(=O)OCOC(=O)C1CCCCC1)c1ccc(Cl)cc1. The molecule has 0 aliphatic heterocycles. The smallest absolute Gasteiger partial charge is 0.410 e. The summed E-state index contributed by atoms with van der Waals surface area (Å²) in [6.07, 6.45) is 4.36. The molecule has 1 aliphatic carbocycles. The maximum absolute atomic E-state index is 11.8. The van der Waals surface area contributed by atoms with Crippen LogP contribution in [-0.2, 0) is 14.3 Å². The molecule has 1 aromatic rings. The molecule has 0 bridgehead atoms. The highest BCUT2D eigenvalue weighted by atomic mass is 35.5. The van der Waals surface area contributed by atoms with Gasteiger partial charge in [0.15, 0.2) is 0 Å². The van der Waals surface area contributed by atoms with E-state index in [0.29, 0.717) is 11.6 Å². The van der Waals surface area contributed by atoms with E-state index >= 15 is 0 Å². The molecule has 0 unspecified atom stereocenters. The first kappa shape index (κ1) is 18.6. The van der Waals surface area contributed by atoms with Gasteiger partial charge < -0.3 is 14.8 Å². The highest BCUT2D eigenvalue weighted by molar-refractivity contribution is 6.30. The molecule has 1 atom stereocenters. The van der Waals surface area contributed by atoms with Gasteiger partial charge in [0.25, 0.3) is 0 Å². The molecule has 5 nitrogen and oxygen atoms in total. The van der Waals surface area contributed by atoms with Crippen molar-refractivity contribution in [3.8, 4) is 0 Å². The van der Waals surface area contributed by atoms with Crippen molar-refractivity contribution in [1.82, 2.24) is 5.32 Å². The Hall–Kier alpha value is -1.75. The summed E-state index contributed by atoms with van der Waals surface area (Å²) in [4.78, 5) is 23.4. The molecule has 0 spiro atoms. The van der Waals surface area contributed by atoms with Gasteiger partial charge in [0, 0.05) is 17.5 Å². The average Bonchev–Trinajstić information content (AvgIpc) is 2.61. The number of alkyl carbamates (subject to hydrolysis) is 1. The van der Waals surface area contributed by atoms with Crippen LogP contribution in [0.5, 0.6) is 0 Å². The number of ether oxygens (including phenoxy) is 2. The topological polar surface area (TPSA) is 64.6 Å². The van der Waals surface area contributed by atoms with Crippen LogP contribution >= 0.6 is 11.6 Å². The lowest BCUT2D eigenvalue weighted by Gasteiger charge is -2.19. The standard InChI is InChI=1S/C18H23ClNO4/c1-13(14-7-9-16(19)10-8-14)11-20-18(22)24-12-23-17(21)15-5-3-2-4-6-15/h7-10,13,15H,1-6,11-12H2,(H,20,22)/t13-/m1/s1. The van der Waals surface area contributed by atoms with Crippen LogP contribution in [0.1, 0.15) is 43.6 Å². The summed E-state index contributed by atoms with van der Waals surface area (Å²) < 4.78 is 9.87. The molecule has 0 heterocycles. The number of benzene rings is 1. The van der Waals surface area contributed by atoms with Gasteiger partial charge in [-0.05, 0) is 37.5 Å². The highest BCUT2D eigenvalue weighted by Gasteiger charge is 2.22. The fourth-order valence-corrected chi connectivity index (χ4v) is 2.83. The molecule has 1 saturated carbocycles. The lowest BCUT2D eigenvalue weighted by molar-refractivity contribution is -0.157. The summed E-state index contributed by atoms with van der Waals surface area (Å²) in [7, 11) is 0. The van der Waals surface area contributed by atoms with Crippen molar-refractivity contribution in [2.24, 2.45) is 5.92 Å². The van der Waals surface area contributed by atoms with Gasteiger partial charge in [0.2, 0.25) is 6.79 Å². The number of nitrogens with one attached hydrogen (secondary N) is 1. The second-order valence-electron chi connectivity index (χ2n) is 5.98. The number of esters is 1. The Balaban J connectivity index is 1.62. The number of hydrogen-bond acceptors (Lipinski definition) is 4. The lowest BCUT2D eigenvalue weighted by Crippen LogP contribution is -2.30. The van der Waals surface area contributed by atoms with Gasteiger partial charge in [-0.25, -0.2) is 4.79 Å². The minimum Gasteiger partial charge on any atom is -0.428 e. The third-order valence-corrected chi connectivity index (χ3v) is 4.42. The molecule has 1 N–H and O–H groups in total. The fourth-order valence-electron chi connectivity index (χ4n) is 2.71. The van der Waals surface area contributed by atoms with Crippen molar-refractivity contribution >= 4 is 23.7 Å². The number of carbonyl (C=O) groups excluding carboxylic acids is 2. The second-order valence-corrected chi connectivity index (χ2v) is 6.41. The summed E-state index contributed by atoms with van der Waals surface area (Å²) >= 11 is 5.83. The van der Waals surface area contributed by atoms with Crippen LogP contribution < -0.4 is 5.32 Å². The lowest BCUT2D eigenvalue weighted by atomic mass is 9.89. The Morgan fingerprint density at radius 1 is 1.17 bits per heavy atom. The maximum Gasteiger partial charge on any atom is 0.410 e. The zero-order valence-corrected chi connectivity index (χ0v) is 14.4. The highest BCUT2D eigenvalue weighted by Crippen LogP contribution is 2.24. The summed E-state index contributed by atoms with van der Waals surface area (Å²) in [6.45, 7) is 3.94. The van der Waals surface area contributed by atoms with E-state index in [0.717, 1.165) is 31.2 Å². The summed E-state index contributed by atoms with van der Waals surface area (Å²) in [5.74, 6) is -0.460. The molecule has 1 radical (unpaired) electrons. The molecule has 1 aliphatic rings. The maximum atomic E-state index is 11.8. The van der Waals surface area contributed by atoms with Gasteiger partial charge in [0.1, 0.15) is 0 Å². The van der Waals surface area contributed by atoms with E-state index in [9.17, 15) is 9.59 Å².